The number of rotatable bonds is 5. The monoisotopic (exact) mass is 460 g/mol. The van der Waals surface area contributed by atoms with E-state index in [-0.39, 0.29) is 11.3 Å². The third kappa shape index (κ3) is 3.43. The molecule has 1 aliphatic heterocycles. The first kappa shape index (κ1) is 20.8. The van der Waals surface area contributed by atoms with E-state index in [0.29, 0.717) is 33.0 Å². The molecule has 5 rings (SSSR count). The fourth-order valence-electron chi connectivity index (χ4n) is 4.00. The zero-order valence-corrected chi connectivity index (χ0v) is 18.1. The number of fused-ring (bicyclic) bond motifs is 1. The molecule has 1 atom stereocenters. The average Bonchev–Trinajstić information content (AvgIpc) is 3.39. The van der Waals surface area contributed by atoms with E-state index in [1.807, 2.05) is 0 Å². The number of hydrogen-bond acceptors (Lipinski definition) is 6. The Morgan fingerprint density at radius 2 is 1.94 bits per heavy atom. The van der Waals surface area contributed by atoms with Crippen molar-refractivity contribution in [1.82, 2.24) is 4.98 Å². The Bertz CT molecular complexity index is 1410. The normalized spacial score (nSPS) is 16.0. The quantitative estimate of drug-likeness (QED) is 0.408. The molecule has 8 heteroatoms. The highest BCUT2D eigenvalue weighted by molar-refractivity contribution is 6.30. The summed E-state index contributed by atoms with van der Waals surface area (Å²) in [4.78, 5) is 32.2. The number of ketones is 1. The largest absolute Gasteiger partial charge is 0.503 e. The summed E-state index contributed by atoms with van der Waals surface area (Å²) in [6.07, 6.45) is 3.14. The Labute approximate surface area is 193 Å². The highest BCUT2D eigenvalue weighted by Crippen LogP contribution is 2.42. The third-order valence-corrected chi connectivity index (χ3v) is 5.76. The van der Waals surface area contributed by atoms with E-state index in [2.05, 4.69) is 4.98 Å². The first-order valence-corrected chi connectivity index (χ1v) is 10.4. The maximum Gasteiger partial charge on any atom is 0.294 e. The maximum atomic E-state index is 13.6. The second-order valence-corrected chi connectivity index (χ2v) is 7.86. The predicted octanol–water partition coefficient (Wildman–Crippen LogP) is 5.27. The van der Waals surface area contributed by atoms with Crippen molar-refractivity contribution in [3.63, 3.8) is 0 Å². The van der Waals surface area contributed by atoms with E-state index in [0.717, 1.165) is 0 Å². The van der Waals surface area contributed by atoms with Gasteiger partial charge in [0.25, 0.3) is 5.91 Å². The van der Waals surface area contributed by atoms with Gasteiger partial charge in [-0.1, -0.05) is 29.8 Å². The zero-order chi connectivity index (χ0) is 23.1. The van der Waals surface area contributed by atoms with Gasteiger partial charge in [0.2, 0.25) is 5.78 Å². The Kier molecular flexibility index (Phi) is 5.11. The number of para-hydroxylation sites is 1. The van der Waals surface area contributed by atoms with Crippen LogP contribution >= 0.6 is 11.6 Å². The van der Waals surface area contributed by atoms with Crippen molar-refractivity contribution in [2.75, 3.05) is 12.0 Å². The predicted molar refractivity (Wildman–Crippen MR) is 123 cm³/mol. The molecule has 0 aliphatic carbocycles. The molecule has 0 fully saturated rings. The van der Waals surface area contributed by atoms with Gasteiger partial charge in [0.05, 0.1) is 18.7 Å². The summed E-state index contributed by atoms with van der Waals surface area (Å²) < 4.78 is 11.1. The van der Waals surface area contributed by atoms with Crippen LogP contribution in [0, 0.1) is 0 Å². The maximum absolute atomic E-state index is 13.6. The number of carbonyl (C=O) groups excluding carboxylic acids is 2. The molecule has 1 N–H and O–H groups in total. The van der Waals surface area contributed by atoms with Crippen LogP contribution in [-0.4, -0.2) is 28.9 Å². The number of carbonyl (C=O) groups is 2. The number of ether oxygens (including phenoxy) is 1. The van der Waals surface area contributed by atoms with Gasteiger partial charge >= 0.3 is 0 Å². The van der Waals surface area contributed by atoms with Crippen LogP contribution in [0.25, 0.3) is 11.0 Å². The van der Waals surface area contributed by atoms with Crippen molar-refractivity contribution in [2.45, 2.75) is 6.04 Å². The summed E-state index contributed by atoms with van der Waals surface area (Å²) in [5.74, 6) is -1.50. The number of aliphatic hydroxyl groups excluding tert-OH is 1. The number of benzene rings is 2. The number of halogens is 1. The summed E-state index contributed by atoms with van der Waals surface area (Å²) in [5, 5.41) is 12.0. The van der Waals surface area contributed by atoms with Gasteiger partial charge in [0, 0.05) is 28.5 Å². The number of anilines is 1. The van der Waals surface area contributed by atoms with Crippen LogP contribution in [0.15, 0.2) is 88.8 Å². The number of aliphatic hydroxyl groups is 1. The fraction of sp³-hybridized carbons (Fsp3) is 0.0800. The van der Waals surface area contributed by atoms with Crippen molar-refractivity contribution in [3.05, 3.63) is 101 Å². The molecule has 2 aromatic carbocycles. The third-order valence-electron chi connectivity index (χ3n) is 5.51. The van der Waals surface area contributed by atoms with Gasteiger partial charge in [-0.15, -0.1) is 0 Å². The lowest BCUT2D eigenvalue weighted by atomic mass is 9.96. The summed E-state index contributed by atoms with van der Waals surface area (Å²) in [7, 11) is 1.51. The molecule has 1 amide bonds. The number of furan rings is 1. The van der Waals surface area contributed by atoms with Crippen molar-refractivity contribution in [1.29, 1.82) is 0 Å². The molecule has 1 unspecified atom stereocenters. The van der Waals surface area contributed by atoms with Crippen molar-refractivity contribution >= 4 is 39.9 Å². The standard InChI is InChI=1S/C25H17ClN2O5/c1-32-18-6-2-4-14-12-19(33-24(14)18)22(29)20-21(15-5-3-11-27-13-15)28(25(31)23(20)30)17-9-7-16(26)8-10-17/h2-13,21,30H,1H3. The number of Topliss-reactive ketones (excluding diaryl/α,β-unsaturated/α-hetero) is 1. The second-order valence-electron chi connectivity index (χ2n) is 7.42. The van der Waals surface area contributed by atoms with E-state index in [1.165, 1.54) is 12.0 Å². The van der Waals surface area contributed by atoms with Gasteiger partial charge in [0.1, 0.15) is 0 Å². The number of amides is 1. The molecule has 33 heavy (non-hydrogen) atoms. The van der Waals surface area contributed by atoms with Crippen LogP contribution in [0.2, 0.25) is 5.02 Å². The first-order chi connectivity index (χ1) is 16.0. The molecule has 0 radical (unpaired) electrons. The van der Waals surface area contributed by atoms with Crippen LogP contribution in [0.3, 0.4) is 0 Å². The molecule has 0 spiro atoms. The first-order valence-electron chi connectivity index (χ1n) is 10.0. The molecule has 7 nitrogen and oxygen atoms in total. The Hall–Kier alpha value is -4.10. The molecule has 0 saturated heterocycles. The molecule has 4 aromatic rings. The average molecular weight is 461 g/mol. The molecule has 2 aromatic heterocycles. The lowest BCUT2D eigenvalue weighted by Gasteiger charge is -2.26. The number of nitrogens with zero attached hydrogens (tertiary/aromatic N) is 2. The highest BCUT2D eigenvalue weighted by atomic mass is 35.5. The van der Waals surface area contributed by atoms with Gasteiger partial charge in [-0.2, -0.15) is 0 Å². The van der Waals surface area contributed by atoms with E-state index < -0.39 is 23.5 Å². The van der Waals surface area contributed by atoms with Crippen LogP contribution in [0.1, 0.15) is 22.2 Å². The summed E-state index contributed by atoms with van der Waals surface area (Å²) in [5.41, 5.74) is 1.34. The molecular formula is C25H17ClN2O5. The molecule has 164 valence electrons. The number of aromatic nitrogens is 1. The van der Waals surface area contributed by atoms with Crippen LogP contribution in [0.4, 0.5) is 5.69 Å². The topological polar surface area (TPSA) is 92.9 Å². The van der Waals surface area contributed by atoms with Crippen LogP contribution < -0.4 is 9.64 Å². The number of hydrogen-bond donors (Lipinski definition) is 1. The van der Waals surface area contributed by atoms with Gasteiger partial charge in [0.15, 0.2) is 22.9 Å². The zero-order valence-electron chi connectivity index (χ0n) is 17.4. The Morgan fingerprint density at radius 3 is 2.64 bits per heavy atom. The fourth-order valence-corrected chi connectivity index (χ4v) is 4.13. The number of pyridine rings is 1. The summed E-state index contributed by atoms with van der Waals surface area (Å²) in [6.45, 7) is 0. The van der Waals surface area contributed by atoms with Crippen molar-refractivity contribution < 1.29 is 23.8 Å². The lowest BCUT2D eigenvalue weighted by Crippen LogP contribution is -2.31. The minimum Gasteiger partial charge on any atom is -0.503 e. The lowest BCUT2D eigenvalue weighted by molar-refractivity contribution is -0.117. The van der Waals surface area contributed by atoms with Crippen molar-refractivity contribution in [2.24, 2.45) is 0 Å². The van der Waals surface area contributed by atoms with Gasteiger partial charge in [-0.25, -0.2) is 0 Å². The number of methoxy groups -OCH3 is 1. The van der Waals surface area contributed by atoms with E-state index in [4.69, 9.17) is 20.8 Å². The molecule has 0 bridgehead atoms. The Morgan fingerprint density at radius 1 is 1.15 bits per heavy atom. The SMILES string of the molecule is COc1cccc2cc(C(=O)C3=C(O)C(=O)N(c4ccc(Cl)cc4)C3c3cccnc3)oc12. The minimum absolute atomic E-state index is 0.0179. The van der Waals surface area contributed by atoms with Crippen molar-refractivity contribution in [3.8, 4) is 5.75 Å². The molecule has 3 heterocycles. The summed E-state index contributed by atoms with van der Waals surface area (Å²) in [6, 6.07) is 15.9. The minimum atomic E-state index is -0.907. The molecule has 1 aliphatic rings. The van der Waals surface area contributed by atoms with Gasteiger partial charge in [-0.3, -0.25) is 19.5 Å². The van der Waals surface area contributed by atoms with Crippen LogP contribution in [0.5, 0.6) is 5.75 Å². The summed E-state index contributed by atoms with van der Waals surface area (Å²) >= 11 is 6.01. The van der Waals surface area contributed by atoms with E-state index in [1.54, 1.807) is 73.1 Å². The molecular weight excluding hydrogens is 444 g/mol. The van der Waals surface area contributed by atoms with Gasteiger partial charge in [-0.05, 0) is 48.0 Å². The Balaban J connectivity index is 1.65. The second kappa shape index (κ2) is 8.11. The van der Waals surface area contributed by atoms with E-state index in [9.17, 15) is 14.7 Å². The van der Waals surface area contributed by atoms with E-state index >= 15 is 0 Å². The smallest absolute Gasteiger partial charge is 0.294 e. The van der Waals surface area contributed by atoms with Gasteiger partial charge < -0.3 is 14.3 Å². The highest BCUT2D eigenvalue weighted by Gasteiger charge is 2.45. The molecule has 0 saturated carbocycles. The van der Waals surface area contributed by atoms with Crippen LogP contribution in [-0.2, 0) is 4.79 Å².